The van der Waals surface area contributed by atoms with Crippen LogP contribution in [0.25, 0.3) is 0 Å². The van der Waals surface area contributed by atoms with Gasteiger partial charge in [0.25, 0.3) is 0 Å². The molecule has 0 saturated heterocycles. The van der Waals surface area contributed by atoms with Crippen molar-refractivity contribution >= 4 is 12.1 Å². The number of pyridine rings is 1. The Hall–Kier alpha value is -2.69. The van der Waals surface area contributed by atoms with Crippen LogP contribution in [-0.2, 0) is 11.3 Å². The van der Waals surface area contributed by atoms with Gasteiger partial charge >= 0.3 is 5.91 Å². The minimum Gasteiger partial charge on any atom is -0.508 e. The molecular weight excluding hydrogens is 242 g/mol. The number of hydrazone groups is 1. The van der Waals surface area contributed by atoms with Gasteiger partial charge < -0.3 is 5.11 Å². The fraction of sp³-hybridized carbons (Fsp3) is 0.0714. The van der Waals surface area contributed by atoms with Crippen LogP contribution in [0.1, 0.15) is 5.56 Å². The Bertz CT molecular complexity index is 582. The van der Waals surface area contributed by atoms with Crippen LogP contribution in [0.3, 0.4) is 0 Å². The molecule has 0 aliphatic carbocycles. The Morgan fingerprint density at radius 2 is 2.05 bits per heavy atom. The first-order valence-electron chi connectivity index (χ1n) is 5.79. The molecule has 2 rings (SSSR count). The summed E-state index contributed by atoms with van der Waals surface area (Å²) in [5.41, 5.74) is 3.14. The van der Waals surface area contributed by atoms with Crippen LogP contribution in [0.5, 0.6) is 5.75 Å². The topological polar surface area (TPSA) is 65.6 Å². The molecule has 19 heavy (non-hydrogen) atoms. The third-order valence-corrected chi connectivity index (χ3v) is 2.38. The van der Waals surface area contributed by atoms with Crippen molar-refractivity contribution in [3.63, 3.8) is 0 Å². The number of hydrogen-bond donors (Lipinski definition) is 2. The molecular formula is C14H14N3O2+. The second kappa shape index (κ2) is 6.30. The summed E-state index contributed by atoms with van der Waals surface area (Å²) in [6.07, 6.45) is 5.09. The van der Waals surface area contributed by atoms with Crippen molar-refractivity contribution < 1.29 is 14.5 Å². The molecule has 2 aromatic rings. The van der Waals surface area contributed by atoms with Gasteiger partial charge in [0.05, 0.1) is 6.21 Å². The maximum absolute atomic E-state index is 11.6. The largest absolute Gasteiger partial charge is 0.508 e. The molecule has 5 nitrogen and oxygen atoms in total. The fourth-order valence-corrected chi connectivity index (χ4v) is 1.52. The third-order valence-electron chi connectivity index (χ3n) is 2.38. The van der Waals surface area contributed by atoms with Gasteiger partial charge in [0.2, 0.25) is 6.54 Å². The molecule has 1 aromatic carbocycles. The molecule has 0 radical (unpaired) electrons. The van der Waals surface area contributed by atoms with Gasteiger partial charge in [-0.3, -0.25) is 4.79 Å². The first kappa shape index (κ1) is 12.8. The third kappa shape index (κ3) is 4.23. The lowest BCUT2D eigenvalue weighted by atomic mass is 10.2. The summed E-state index contributed by atoms with van der Waals surface area (Å²) >= 11 is 0. The number of hydrogen-bond acceptors (Lipinski definition) is 3. The molecule has 0 aliphatic heterocycles. The predicted octanol–water partition coefficient (Wildman–Crippen LogP) is 0.830. The number of nitrogens with one attached hydrogen (secondary N) is 1. The zero-order valence-corrected chi connectivity index (χ0v) is 10.2. The number of carbonyl (C=O) groups is 1. The van der Waals surface area contributed by atoms with Crippen molar-refractivity contribution in [2.45, 2.75) is 6.54 Å². The van der Waals surface area contributed by atoms with Gasteiger partial charge in [0.15, 0.2) is 12.4 Å². The highest BCUT2D eigenvalue weighted by Gasteiger charge is 2.06. The van der Waals surface area contributed by atoms with E-state index < -0.39 is 0 Å². The average Bonchev–Trinajstić information content (AvgIpc) is 2.40. The number of amides is 1. The van der Waals surface area contributed by atoms with Gasteiger partial charge in [-0.1, -0.05) is 18.2 Å². The first-order valence-corrected chi connectivity index (χ1v) is 5.79. The summed E-state index contributed by atoms with van der Waals surface area (Å²) in [5.74, 6) is -0.0530. The number of aromatic nitrogens is 1. The van der Waals surface area contributed by atoms with Gasteiger partial charge in [-0.15, -0.1) is 0 Å². The molecule has 2 N–H and O–H groups in total. The molecule has 96 valence electrons. The van der Waals surface area contributed by atoms with Crippen LogP contribution in [0.2, 0.25) is 0 Å². The molecule has 0 spiro atoms. The Balaban J connectivity index is 1.87. The average molecular weight is 256 g/mol. The summed E-state index contributed by atoms with van der Waals surface area (Å²) < 4.78 is 1.75. The molecule has 0 unspecified atom stereocenters. The predicted molar refractivity (Wildman–Crippen MR) is 70.5 cm³/mol. The second-order valence-electron chi connectivity index (χ2n) is 3.94. The van der Waals surface area contributed by atoms with Crippen molar-refractivity contribution in [1.29, 1.82) is 0 Å². The highest BCUT2D eigenvalue weighted by Crippen LogP contribution is 2.08. The number of rotatable bonds is 4. The van der Waals surface area contributed by atoms with Crippen LogP contribution in [0.4, 0.5) is 0 Å². The zero-order chi connectivity index (χ0) is 13.5. The van der Waals surface area contributed by atoms with E-state index in [4.69, 9.17) is 0 Å². The Morgan fingerprint density at radius 1 is 1.26 bits per heavy atom. The van der Waals surface area contributed by atoms with Crippen molar-refractivity contribution in [1.82, 2.24) is 5.43 Å². The number of phenolic OH excluding ortho intramolecular Hbond substituents is 1. The van der Waals surface area contributed by atoms with Gasteiger partial charge in [-0.25, -0.2) is 5.43 Å². The lowest BCUT2D eigenvalue weighted by Crippen LogP contribution is -2.40. The van der Waals surface area contributed by atoms with Gasteiger partial charge in [0, 0.05) is 12.1 Å². The van der Waals surface area contributed by atoms with Crippen LogP contribution >= 0.6 is 0 Å². The van der Waals surface area contributed by atoms with Crippen LogP contribution in [-0.4, -0.2) is 17.2 Å². The molecule has 0 aliphatic rings. The number of benzene rings is 1. The quantitative estimate of drug-likeness (QED) is 0.483. The van der Waals surface area contributed by atoms with Crippen molar-refractivity contribution in [3.05, 3.63) is 60.4 Å². The van der Waals surface area contributed by atoms with E-state index in [-0.39, 0.29) is 18.2 Å². The molecule has 1 amide bonds. The standard InChI is InChI=1S/C14H13N3O2/c18-13-6-4-5-12(9-13)10-15-16-14(19)11-17-7-2-1-3-8-17/h1-10H,11H2,(H-,16,18,19)/p+1. The first-order chi connectivity index (χ1) is 9.24. The molecule has 1 aromatic heterocycles. The fourth-order valence-electron chi connectivity index (χ4n) is 1.52. The summed E-state index contributed by atoms with van der Waals surface area (Å²) in [6.45, 7) is 0.207. The lowest BCUT2D eigenvalue weighted by molar-refractivity contribution is -0.684. The van der Waals surface area contributed by atoms with E-state index in [1.54, 1.807) is 41.2 Å². The van der Waals surface area contributed by atoms with E-state index in [0.29, 0.717) is 5.56 Å². The van der Waals surface area contributed by atoms with E-state index in [2.05, 4.69) is 10.5 Å². The number of phenols is 1. The molecule has 0 atom stereocenters. The van der Waals surface area contributed by atoms with Gasteiger partial charge in [-0.2, -0.15) is 9.67 Å². The minimum absolute atomic E-state index is 0.162. The van der Waals surface area contributed by atoms with Gasteiger partial charge in [-0.05, 0) is 17.7 Å². The van der Waals surface area contributed by atoms with Crippen molar-refractivity contribution in [3.8, 4) is 5.75 Å². The summed E-state index contributed by atoms with van der Waals surface area (Å²) in [6, 6.07) is 12.2. The molecule has 1 heterocycles. The Kier molecular flexibility index (Phi) is 4.23. The van der Waals surface area contributed by atoms with E-state index >= 15 is 0 Å². The monoisotopic (exact) mass is 256 g/mol. The number of carbonyl (C=O) groups excluding carboxylic acids is 1. The van der Waals surface area contributed by atoms with Crippen molar-refractivity contribution in [2.24, 2.45) is 5.10 Å². The molecule has 0 bridgehead atoms. The van der Waals surface area contributed by atoms with E-state index in [1.807, 2.05) is 18.2 Å². The Morgan fingerprint density at radius 3 is 2.79 bits per heavy atom. The van der Waals surface area contributed by atoms with Crippen LogP contribution in [0.15, 0.2) is 60.0 Å². The van der Waals surface area contributed by atoms with E-state index in [9.17, 15) is 9.90 Å². The normalized spacial score (nSPS) is 10.5. The minimum atomic E-state index is -0.215. The number of aromatic hydroxyl groups is 1. The van der Waals surface area contributed by atoms with E-state index in [1.165, 1.54) is 6.21 Å². The maximum Gasteiger partial charge on any atom is 0.305 e. The number of nitrogens with zero attached hydrogens (tertiary/aromatic N) is 2. The summed E-state index contributed by atoms with van der Waals surface area (Å²) in [5, 5.41) is 13.1. The highest BCUT2D eigenvalue weighted by molar-refractivity contribution is 5.82. The smallest absolute Gasteiger partial charge is 0.305 e. The van der Waals surface area contributed by atoms with E-state index in [0.717, 1.165) is 0 Å². The summed E-state index contributed by atoms with van der Waals surface area (Å²) in [4.78, 5) is 11.6. The molecule has 0 saturated carbocycles. The van der Waals surface area contributed by atoms with Crippen LogP contribution < -0.4 is 9.99 Å². The van der Waals surface area contributed by atoms with Crippen molar-refractivity contribution in [2.75, 3.05) is 0 Å². The van der Waals surface area contributed by atoms with Gasteiger partial charge in [0.1, 0.15) is 5.75 Å². The maximum atomic E-state index is 11.6. The SMILES string of the molecule is O=C(C[n+]1ccccc1)NN=Cc1cccc(O)c1. The Labute approximate surface area is 110 Å². The zero-order valence-electron chi connectivity index (χ0n) is 10.2. The molecule has 5 heteroatoms. The molecule has 0 fully saturated rings. The van der Waals surface area contributed by atoms with Crippen LogP contribution in [0, 0.1) is 0 Å². The highest BCUT2D eigenvalue weighted by atomic mass is 16.3. The summed E-state index contributed by atoms with van der Waals surface area (Å²) in [7, 11) is 0. The lowest BCUT2D eigenvalue weighted by Gasteiger charge is -1.97. The second-order valence-corrected chi connectivity index (χ2v) is 3.94.